The Labute approximate surface area is 231 Å². The highest BCUT2D eigenvalue weighted by molar-refractivity contribution is 5.72. The maximum Gasteiger partial charge on any atom is 0.458 e. The Bertz CT molecular complexity index is 1440. The summed E-state index contributed by atoms with van der Waals surface area (Å²) in [6.45, 7) is 2.05. The summed E-state index contributed by atoms with van der Waals surface area (Å²) in [5, 5.41) is 0. The van der Waals surface area contributed by atoms with Crippen LogP contribution in [-0.4, -0.2) is 12.3 Å². The second kappa shape index (κ2) is 12.1. The van der Waals surface area contributed by atoms with Crippen LogP contribution < -0.4 is 4.74 Å². The summed E-state index contributed by atoms with van der Waals surface area (Å²) in [7, 11) is 0. The highest BCUT2D eigenvalue weighted by atomic mass is 19.4. The Hall–Kier alpha value is -3.61. The van der Waals surface area contributed by atoms with Crippen LogP contribution in [0.25, 0.3) is 22.3 Å². The number of hydrogen-bond acceptors (Lipinski definition) is 1. The van der Waals surface area contributed by atoms with Crippen molar-refractivity contribution in [3.8, 4) is 39.8 Å². The van der Waals surface area contributed by atoms with Gasteiger partial charge in [-0.25, -0.2) is 17.6 Å². The lowest BCUT2D eigenvalue weighted by atomic mass is 9.79. The van der Waals surface area contributed by atoms with Crippen LogP contribution in [0.1, 0.15) is 51.0 Å². The Morgan fingerprint density at radius 2 is 1.29 bits per heavy atom. The van der Waals surface area contributed by atoms with Crippen LogP contribution in [0.4, 0.5) is 39.5 Å². The highest BCUT2D eigenvalue weighted by Gasteiger charge is 2.44. The van der Waals surface area contributed by atoms with Crippen molar-refractivity contribution in [2.45, 2.75) is 57.7 Å². The van der Waals surface area contributed by atoms with Crippen LogP contribution in [-0.2, 0) is 0 Å². The maximum atomic E-state index is 14.9. The topological polar surface area (TPSA) is 9.23 Å². The molecule has 1 fully saturated rings. The van der Waals surface area contributed by atoms with Gasteiger partial charge in [0.1, 0.15) is 29.0 Å². The molecular weight excluding hydrogens is 559 g/mol. The zero-order valence-electron chi connectivity index (χ0n) is 21.8. The average Bonchev–Trinajstić information content (AvgIpc) is 2.88. The number of alkyl halides is 5. The van der Waals surface area contributed by atoms with E-state index in [9.17, 15) is 39.5 Å². The highest BCUT2D eigenvalue weighted by Crippen LogP contribution is 2.42. The summed E-state index contributed by atoms with van der Waals surface area (Å²) in [4.78, 5) is 0. The van der Waals surface area contributed by atoms with Gasteiger partial charge in [0, 0.05) is 23.1 Å². The van der Waals surface area contributed by atoms with E-state index in [-0.39, 0.29) is 28.0 Å². The largest absolute Gasteiger partial charge is 0.458 e. The van der Waals surface area contributed by atoms with Crippen molar-refractivity contribution in [1.29, 1.82) is 0 Å². The van der Waals surface area contributed by atoms with E-state index in [4.69, 9.17) is 4.74 Å². The predicted molar refractivity (Wildman–Crippen MR) is 136 cm³/mol. The zero-order valence-corrected chi connectivity index (χ0v) is 21.8. The summed E-state index contributed by atoms with van der Waals surface area (Å²) in [6, 6.07) is 7.57. The van der Waals surface area contributed by atoms with Gasteiger partial charge in [0.05, 0.1) is 11.5 Å². The predicted octanol–water partition coefficient (Wildman–Crippen LogP) is 10.1. The number of rotatable bonds is 7. The van der Waals surface area contributed by atoms with Gasteiger partial charge in [-0.3, -0.25) is 0 Å². The van der Waals surface area contributed by atoms with Crippen molar-refractivity contribution in [3.63, 3.8) is 0 Å². The second-order valence-corrected chi connectivity index (χ2v) is 10.1. The molecule has 3 aromatic carbocycles. The van der Waals surface area contributed by atoms with Gasteiger partial charge >= 0.3 is 12.3 Å². The van der Waals surface area contributed by atoms with E-state index in [1.807, 2.05) is 0 Å². The van der Waals surface area contributed by atoms with E-state index in [1.54, 1.807) is 0 Å². The van der Waals surface area contributed by atoms with E-state index in [2.05, 4.69) is 6.92 Å². The summed E-state index contributed by atoms with van der Waals surface area (Å²) < 4.78 is 130. The fourth-order valence-corrected chi connectivity index (χ4v) is 5.13. The quantitative estimate of drug-likeness (QED) is 0.198. The molecule has 218 valence electrons. The smallest absolute Gasteiger partial charge is 0.432 e. The molecular formula is C31H25F9O. The minimum atomic E-state index is -4.96. The molecule has 10 heteroatoms. The van der Waals surface area contributed by atoms with Crippen LogP contribution >= 0.6 is 0 Å². The minimum absolute atomic E-state index is 0.00455. The standard InChI is InChI=1S/C31H25F9O/c1-2-3-18-4-7-21(8-5-18)31(39,40)41-22-9-11-23(29(35)17-22)19-6-10-24(26(32)14-19)20-15-27(33)25(28(34)16-20)12-13-30(36,37)38/h6,9-11,14-18,21H,2-5,7-8H2,1H3. The van der Waals surface area contributed by atoms with Gasteiger partial charge in [-0.05, 0) is 73.1 Å². The summed E-state index contributed by atoms with van der Waals surface area (Å²) in [6.07, 6.45) is -4.49. The fraction of sp³-hybridized carbons (Fsp3) is 0.355. The van der Waals surface area contributed by atoms with E-state index in [0.717, 1.165) is 49.1 Å². The number of benzene rings is 3. The first kappa shape index (κ1) is 30.4. The second-order valence-electron chi connectivity index (χ2n) is 10.1. The summed E-state index contributed by atoms with van der Waals surface area (Å²) >= 11 is 0. The molecule has 1 nitrogen and oxygen atoms in total. The average molecular weight is 585 g/mol. The molecule has 0 saturated heterocycles. The molecule has 0 heterocycles. The number of hydrogen-bond donors (Lipinski definition) is 0. The minimum Gasteiger partial charge on any atom is -0.432 e. The molecule has 4 rings (SSSR count). The summed E-state index contributed by atoms with van der Waals surface area (Å²) in [5.74, 6) is -3.62. The van der Waals surface area contributed by atoms with Crippen molar-refractivity contribution in [1.82, 2.24) is 0 Å². The Balaban J connectivity index is 1.51. The van der Waals surface area contributed by atoms with Crippen LogP contribution in [0.15, 0.2) is 48.5 Å². The summed E-state index contributed by atoms with van der Waals surface area (Å²) in [5.41, 5.74) is -1.89. The molecule has 41 heavy (non-hydrogen) atoms. The van der Waals surface area contributed by atoms with E-state index in [1.165, 1.54) is 12.0 Å². The molecule has 1 aliphatic carbocycles. The lowest BCUT2D eigenvalue weighted by molar-refractivity contribution is -0.223. The molecule has 0 N–H and O–H groups in total. The third-order valence-corrected chi connectivity index (χ3v) is 7.18. The van der Waals surface area contributed by atoms with Crippen molar-refractivity contribution in [2.24, 2.45) is 11.8 Å². The first-order valence-electron chi connectivity index (χ1n) is 13.0. The Morgan fingerprint density at radius 3 is 1.85 bits per heavy atom. The van der Waals surface area contributed by atoms with E-state index < -0.39 is 47.0 Å². The first-order chi connectivity index (χ1) is 19.3. The van der Waals surface area contributed by atoms with E-state index in [0.29, 0.717) is 43.7 Å². The number of ether oxygens (including phenoxy) is 1. The maximum absolute atomic E-state index is 14.9. The van der Waals surface area contributed by atoms with Gasteiger partial charge in [-0.1, -0.05) is 37.8 Å². The molecule has 0 aromatic heterocycles. The van der Waals surface area contributed by atoms with Crippen LogP contribution in [0, 0.1) is 46.9 Å². The zero-order chi connectivity index (χ0) is 29.9. The van der Waals surface area contributed by atoms with Crippen molar-refractivity contribution < 1.29 is 44.3 Å². The van der Waals surface area contributed by atoms with Crippen molar-refractivity contribution >= 4 is 0 Å². The molecule has 0 radical (unpaired) electrons. The van der Waals surface area contributed by atoms with Gasteiger partial charge in [0.15, 0.2) is 0 Å². The molecule has 0 atom stereocenters. The van der Waals surface area contributed by atoms with Crippen LogP contribution in [0.3, 0.4) is 0 Å². The Morgan fingerprint density at radius 1 is 0.732 bits per heavy atom. The fourth-order valence-electron chi connectivity index (χ4n) is 5.13. The molecule has 0 aliphatic heterocycles. The van der Waals surface area contributed by atoms with Gasteiger partial charge in [0.2, 0.25) is 0 Å². The molecule has 0 unspecified atom stereocenters. The van der Waals surface area contributed by atoms with Crippen molar-refractivity contribution in [3.05, 3.63) is 77.4 Å². The molecule has 0 spiro atoms. The van der Waals surface area contributed by atoms with Gasteiger partial charge in [-0.2, -0.15) is 22.0 Å². The normalized spacial score (nSPS) is 17.6. The molecule has 3 aromatic rings. The van der Waals surface area contributed by atoms with Crippen LogP contribution in [0.5, 0.6) is 5.75 Å². The SMILES string of the molecule is CCCC1CCC(C(F)(F)Oc2ccc(-c3ccc(-c4cc(F)c(C#CC(F)(F)F)c(F)c4)c(F)c3)c(F)c2)CC1. The van der Waals surface area contributed by atoms with Gasteiger partial charge in [-0.15, -0.1) is 0 Å². The van der Waals surface area contributed by atoms with Gasteiger partial charge in [0.25, 0.3) is 0 Å². The third kappa shape index (κ3) is 7.38. The molecule has 0 amide bonds. The molecule has 0 bridgehead atoms. The monoisotopic (exact) mass is 584 g/mol. The van der Waals surface area contributed by atoms with Crippen molar-refractivity contribution in [2.75, 3.05) is 0 Å². The third-order valence-electron chi connectivity index (χ3n) is 7.18. The lowest BCUT2D eigenvalue weighted by Gasteiger charge is -2.33. The number of halogens is 9. The molecule has 1 aliphatic rings. The Kier molecular flexibility index (Phi) is 8.95. The van der Waals surface area contributed by atoms with Crippen LogP contribution in [0.2, 0.25) is 0 Å². The molecule has 1 saturated carbocycles. The first-order valence-corrected chi connectivity index (χ1v) is 13.0. The lowest BCUT2D eigenvalue weighted by Crippen LogP contribution is -2.37. The van der Waals surface area contributed by atoms with Gasteiger partial charge < -0.3 is 4.74 Å². The van der Waals surface area contributed by atoms with E-state index >= 15 is 0 Å².